The van der Waals surface area contributed by atoms with Crippen molar-refractivity contribution in [1.82, 2.24) is 0 Å². The van der Waals surface area contributed by atoms with Crippen LogP contribution in [0.2, 0.25) is 0 Å². The Balaban J connectivity index is 1.10. The Morgan fingerprint density at radius 2 is 0.833 bits per heavy atom. The number of piperazine rings is 1. The Labute approximate surface area is 212 Å². The van der Waals surface area contributed by atoms with Crippen LogP contribution in [0, 0.1) is 0 Å². The van der Waals surface area contributed by atoms with Crippen LogP contribution in [0.5, 0.6) is 0 Å². The number of benzene rings is 4. The first kappa shape index (κ1) is 23.2. The van der Waals surface area contributed by atoms with Crippen molar-refractivity contribution in [3.63, 3.8) is 0 Å². The van der Waals surface area contributed by atoms with Crippen LogP contribution >= 0.6 is 0 Å². The van der Waals surface area contributed by atoms with Gasteiger partial charge in [0.15, 0.2) is 0 Å². The van der Waals surface area contributed by atoms with Gasteiger partial charge in [-0.15, -0.1) is 0 Å². The molecule has 0 bridgehead atoms. The zero-order valence-electron chi connectivity index (χ0n) is 20.2. The molecule has 6 heteroatoms. The van der Waals surface area contributed by atoms with Gasteiger partial charge in [-0.25, -0.2) is 0 Å². The quantitative estimate of drug-likeness (QED) is 0.246. The molecule has 1 aliphatic heterocycles. The standard InChI is InChI=1S/C30H30N6/c1-3-7-27(8-4-1)33-31-23-25-11-15-29(16-12-25)35-19-21-36(22-20-35)30-17-13-26(14-18-30)24-32-34-28-9-5-2-6-10-28/h1-18,23-24,33-34H,19-22H2/b31-23+,32-24+. The molecular formula is C30H30N6. The topological polar surface area (TPSA) is 55.3 Å². The van der Waals surface area contributed by atoms with Gasteiger partial charge in [-0.2, -0.15) is 10.2 Å². The molecule has 0 amide bonds. The molecule has 0 saturated carbocycles. The largest absolute Gasteiger partial charge is 0.368 e. The van der Waals surface area contributed by atoms with Crippen molar-refractivity contribution in [2.75, 3.05) is 46.8 Å². The maximum absolute atomic E-state index is 4.33. The zero-order chi connectivity index (χ0) is 24.4. The highest BCUT2D eigenvalue weighted by Crippen LogP contribution is 2.21. The van der Waals surface area contributed by atoms with Crippen LogP contribution in [0.1, 0.15) is 11.1 Å². The van der Waals surface area contributed by atoms with Crippen molar-refractivity contribution in [2.45, 2.75) is 0 Å². The van der Waals surface area contributed by atoms with Gasteiger partial charge in [0, 0.05) is 37.6 Å². The molecule has 0 unspecified atom stereocenters. The van der Waals surface area contributed by atoms with E-state index in [0.717, 1.165) is 48.7 Å². The van der Waals surface area contributed by atoms with Crippen molar-refractivity contribution in [1.29, 1.82) is 0 Å². The Hall–Kier alpha value is -4.58. The Morgan fingerprint density at radius 3 is 1.19 bits per heavy atom. The van der Waals surface area contributed by atoms with Crippen LogP contribution in [-0.2, 0) is 0 Å². The molecule has 5 rings (SSSR count). The summed E-state index contributed by atoms with van der Waals surface area (Å²) in [7, 11) is 0. The molecule has 0 radical (unpaired) electrons. The maximum Gasteiger partial charge on any atom is 0.0561 e. The maximum atomic E-state index is 4.33. The van der Waals surface area contributed by atoms with E-state index in [1.165, 1.54) is 11.4 Å². The van der Waals surface area contributed by atoms with E-state index < -0.39 is 0 Å². The molecule has 1 saturated heterocycles. The number of nitrogens with one attached hydrogen (secondary N) is 2. The Kier molecular flexibility index (Phi) is 7.54. The normalized spacial score (nSPS) is 13.9. The molecule has 0 aliphatic carbocycles. The predicted molar refractivity (Wildman–Crippen MR) is 153 cm³/mol. The smallest absolute Gasteiger partial charge is 0.0561 e. The van der Waals surface area contributed by atoms with Crippen molar-refractivity contribution in [3.8, 4) is 0 Å². The third kappa shape index (κ3) is 6.30. The van der Waals surface area contributed by atoms with Crippen molar-refractivity contribution >= 4 is 35.2 Å². The van der Waals surface area contributed by atoms with Crippen molar-refractivity contribution < 1.29 is 0 Å². The predicted octanol–water partition coefficient (Wildman–Crippen LogP) is 5.91. The molecule has 4 aromatic carbocycles. The first-order chi connectivity index (χ1) is 17.8. The fraction of sp³-hybridized carbons (Fsp3) is 0.133. The van der Waals surface area contributed by atoms with Crippen LogP contribution in [-0.4, -0.2) is 38.6 Å². The lowest BCUT2D eigenvalue weighted by molar-refractivity contribution is 0.653. The molecule has 4 aromatic rings. The second kappa shape index (κ2) is 11.7. The van der Waals surface area contributed by atoms with E-state index in [0.29, 0.717) is 0 Å². The molecular weight excluding hydrogens is 444 g/mol. The van der Waals surface area contributed by atoms with E-state index in [4.69, 9.17) is 0 Å². The van der Waals surface area contributed by atoms with Crippen LogP contribution in [0.25, 0.3) is 0 Å². The van der Waals surface area contributed by atoms with Crippen molar-refractivity contribution in [3.05, 3.63) is 120 Å². The summed E-state index contributed by atoms with van der Waals surface area (Å²) in [5.41, 5.74) is 12.7. The van der Waals surface area contributed by atoms with E-state index in [2.05, 4.69) is 79.4 Å². The summed E-state index contributed by atoms with van der Waals surface area (Å²) in [6, 6.07) is 37.1. The number of hydrogen-bond acceptors (Lipinski definition) is 6. The summed E-state index contributed by atoms with van der Waals surface area (Å²) < 4.78 is 0. The lowest BCUT2D eigenvalue weighted by atomic mass is 10.1. The SMILES string of the molecule is C(=N\Nc1ccccc1)/c1ccc(N2CCN(c3ccc(/C=N/Nc4ccccc4)cc3)CC2)cc1. The number of nitrogens with zero attached hydrogens (tertiary/aromatic N) is 4. The van der Waals surface area contributed by atoms with Crippen LogP contribution < -0.4 is 20.7 Å². The van der Waals surface area contributed by atoms with Crippen molar-refractivity contribution in [2.24, 2.45) is 10.2 Å². The highest BCUT2D eigenvalue weighted by Gasteiger charge is 2.17. The minimum Gasteiger partial charge on any atom is -0.368 e. The summed E-state index contributed by atoms with van der Waals surface area (Å²) in [6.07, 6.45) is 3.70. The highest BCUT2D eigenvalue weighted by atomic mass is 15.3. The van der Waals surface area contributed by atoms with Gasteiger partial charge in [0.2, 0.25) is 0 Å². The first-order valence-electron chi connectivity index (χ1n) is 12.2. The van der Waals surface area contributed by atoms with Gasteiger partial charge in [-0.1, -0.05) is 60.7 Å². The average molecular weight is 475 g/mol. The van der Waals surface area contributed by atoms with Gasteiger partial charge in [0.25, 0.3) is 0 Å². The first-order valence-corrected chi connectivity index (χ1v) is 12.2. The number of hydrazone groups is 2. The molecule has 1 fully saturated rings. The minimum atomic E-state index is 0.978. The average Bonchev–Trinajstić information content (AvgIpc) is 2.95. The summed E-state index contributed by atoms with van der Waals surface area (Å²) in [4.78, 5) is 4.88. The molecule has 0 atom stereocenters. The molecule has 1 aliphatic rings. The number of hydrogen-bond donors (Lipinski definition) is 2. The number of anilines is 4. The number of para-hydroxylation sites is 2. The van der Waals surface area contributed by atoms with E-state index in [1.54, 1.807) is 0 Å². The van der Waals surface area contributed by atoms with Crippen LogP contribution in [0.3, 0.4) is 0 Å². The molecule has 0 spiro atoms. The van der Waals surface area contributed by atoms with E-state index in [9.17, 15) is 0 Å². The summed E-state index contributed by atoms with van der Waals surface area (Å²) >= 11 is 0. The van der Waals surface area contributed by atoms with Gasteiger partial charge in [-0.05, 0) is 59.7 Å². The lowest BCUT2D eigenvalue weighted by Gasteiger charge is -2.37. The second-order valence-electron chi connectivity index (χ2n) is 8.63. The molecule has 6 nitrogen and oxygen atoms in total. The summed E-state index contributed by atoms with van der Waals surface area (Å²) in [5, 5.41) is 8.65. The van der Waals surface area contributed by atoms with Gasteiger partial charge >= 0.3 is 0 Å². The fourth-order valence-corrected chi connectivity index (χ4v) is 4.15. The third-order valence-electron chi connectivity index (χ3n) is 6.16. The zero-order valence-corrected chi connectivity index (χ0v) is 20.2. The minimum absolute atomic E-state index is 0.978. The summed E-state index contributed by atoms with van der Waals surface area (Å²) in [5.74, 6) is 0. The second-order valence-corrected chi connectivity index (χ2v) is 8.63. The van der Waals surface area contributed by atoms with Gasteiger partial charge in [0.1, 0.15) is 0 Å². The van der Waals surface area contributed by atoms with E-state index >= 15 is 0 Å². The molecule has 2 N–H and O–H groups in total. The molecule has 0 aromatic heterocycles. The van der Waals surface area contributed by atoms with Gasteiger partial charge in [-0.3, -0.25) is 10.9 Å². The Morgan fingerprint density at radius 1 is 0.472 bits per heavy atom. The summed E-state index contributed by atoms with van der Waals surface area (Å²) in [6.45, 7) is 3.97. The lowest BCUT2D eigenvalue weighted by Crippen LogP contribution is -2.46. The molecule has 36 heavy (non-hydrogen) atoms. The fourth-order valence-electron chi connectivity index (χ4n) is 4.15. The highest BCUT2D eigenvalue weighted by molar-refractivity contribution is 5.81. The molecule has 180 valence electrons. The molecule has 1 heterocycles. The van der Waals surface area contributed by atoms with Crippen LogP contribution in [0.15, 0.2) is 119 Å². The number of rotatable bonds is 8. The third-order valence-corrected chi connectivity index (χ3v) is 6.16. The van der Waals surface area contributed by atoms with Gasteiger partial charge in [0.05, 0.1) is 23.8 Å². The van der Waals surface area contributed by atoms with Crippen LogP contribution in [0.4, 0.5) is 22.7 Å². The van der Waals surface area contributed by atoms with E-state index in [1.807, 2.05) is 73.1 Å². The Bertz CT molecular complexity index is 1160. The van der Waals surface area contributed by atoms with E-state index in [-0.39, 0.29) is 0 Å². The monoisotopic (exact) mass is 474 g/mol. The van der Waals surface area contributed by atoms with Gasteiger partial charge < -0.3 is 9.80 Å².